The minimum atomic E-state index is -0.644. The molecule has 0 aliphatic rings. The molecule has 2 aromatic heterocycles. The fourth-order valence-corrected chi connectivity index (χ4v) is 2.72. The summed E-state index contributed by atoms with van der Waals surface area (Å²) in [5.74, 6) is 0.571. The van der Waals surface area contributed by atoms with E-state index in [1.807, 2.05) is 24.3 Å². The molecule has 3 rings (SSSR count). The number of nitrogens with zero attached hydrogens (tertiary/aromatic N) is 1. The Morgan fingerprint density at radius 3 is 2.95 bits per heavy atom. The van der Waals surface area contributed by atoms with Gasteiger partial charge in [-0.15, -0.1) is 0 Å². The van der Waals surface area contributed by atoms with Crippen molar-refractivity contribution in [3.05, 3.63) is 64.7 Å². The van der Waals surface area contributed by atoms with Gasteiger partial charge in [0.1, 0.15) is 11.9 Å². The zero-order chi connectivity index (χ0) is 14.7. The molecule has 0 saturated heterocycles. The lowest BCUT2D eigenvalue weighted by Gasteiger charge is -2.11. The van der Waals surface area contributed by atoms with Gasteiger partial charge in [0.15, 0.2) is 0 Å². The van der Waals surface area contributed by atoms with Gasteiger partial charge in [-0.25, -0.2) is 0 Å². The molecule has 0 aliphatic heterocycles. The fourth-order valence-electron chi connectivity index (χ4n) is 2.26. The quantitative estimate of drug-likeness (QED) is 0.743. The highest BCUT2D eigenvalue weighted by atomic mass is 79.9. The maximum atomic E-state index is 9.97. The summed E-state index contributed by atoms with van der Waals surface area (Å²) in [6, 6.07) is 11.5. The van der Waals surface area contributed by atoms with E-state index in [9.17, 15) is 5.11 Å². The predicted octanol–water partition coefficient (Wildman–Crippen LogP) is 3.41. The summed E-state index contributed by atoms with van der Waals surface area (Å²) in [6.45, 7) is 1.07. The lowest BCUT2D eigenvalue weighted by Crippen LogP contribution is -2.21. The Bertz CT molecular complexity index is 728. The van der Waals surface area contributed by atoms with Crippen LogP contribution in [0.1, 0.15) is 17.4 Å². The number of aliphatic hydroxyl groups is 1. The second kappa shape index (κ2) is 6.39. The normalized spacial score (nSPS) is 12.7. The van der Waals surface area contributed by atoms with Crippen molar-refractivity contribution in [2.24, 2.45) is 0 Å². The number of furan rings is 1. The van der Waals surface area contributed by atoms with Crippen molar-refractivity contribution in [3.63, 3.8) is 0 Å². The van der Waals surface area contributed by atoms with Crippen LogP contribution in [0, 0.1) is 0 Å². The van der Waals surface area contributed by atoms with Gasteiger partial charge in [-0.3, -0.25) is 4.98 Å². The van der Waals surface area contributed by atoms with E-state index in [1.165, 1.54) is 0 Å². The Labute approximate surface area is 130 Å². The highest BCUT2D eigenvalue weighted by Gasteiger charge is 2.10. The van der Waals surface area contributed by atoms with Gasteiger partial charge in [0.25, 0.3) is 0 Å². The van der Waals surface area contributed by atoms with E-state index in [0.29, 0.717) is 18.8 Å². The number of benzene rings is 1. The first-order chi connectivity index (χ1) is 10.3. The van der Waals surface area contributed by atoms with Crippen LogP contribution in [0.3, 0.4) is 0 Å². The average Bonchev–Trinajstić information content (AvgIpc) is 3.04. The summed E-state index contributed by atoms with van der Waals surface area (Å²) < 4.78 is 6.21. The molecule has 5 heteroatoms. The summed E-state index contributed by atoms with van der Waals surface area (Å²) in [5, 5.41) is 14.3. The van der Waals surface area contributed by atoms with Gasteiger partial charge in [0.05, 0.1) is 11.8 Å². The minimum absolute atomic E-state index is 0.428. The van der Waals surface area contributed by atoms with Crippen molar-refractivity contribution in [2.75, 3.05) is 6.54 Å². The zero-order valence-corrected chi connectivity index (χ0v) is 12.9. The Hall–Kier alpha value is -1.69. The number of nitrogens with one attached hydrogen (secondary N) is 1. The molecule has 0 amide bonds. The van der Waals surface area contributed by atoms with Crippen LogP contribution in [0.5, 0.6) is 0 Å². The second-order valence-corrected chi connectivity index (χ2v) is 5.62. The number of hydrogen-bond donors (Lipinski definition) is 2. The van der Waals surface area contributed by atoms with Gasteiger partial charge < -0.3 is 14.8 Å². The van der Waals surface area contributed by atoms with E-state index in [-0.39, 0.29) is 0 Å². The van der Waals surface area contributed by atoms with Crippen LogP contribution in [-0.2, 0) is 6.54 Å². The lowest BCUT2D eigenvalue weighted by molar-refractivity contribution is 0.147. The van der Waals surface area contributed by atoms with E-state index >= 15 is 0 Å². The van der Waals surface area contributed by atoms with Crippen LogP contribution < -0.4 is 5.32 Å². The van der Waals surface area contributed by atoms with E-state index < -0.39 is 6.10 Å². The van der Waals surface area contributed by atoms with Crippen LogP contribution in [-0.4, -0.2) is 16.6 Å². The predicted molar refractivity (Wildman–Crippen MR) is 84.8 cm³/mol. The van der Waals surface area contributed by atoms with Crippen molar-refractivity contribution >= 4 is 26.8 Å². The molecular weight excluding hydrogens is 332 g/mol. The molecule has 1 atom stereocenters. The molecule has 21 heavy (non-hydrogen) atoms. The number of aliphatic hydroxyl groups excluding tert-OH is 1. The van der Waals surface area contributed by atoms with Gasteiger partial charge in [-0.2, -0.15) is 0 Å². The Balaban J connectivity index is 1.70. The highest BCUT2D eigenvalue weighted by molar-refractivity contribution is 9.10. The molecule has 0 aliphatic carbocycles. The molecule has 0 unspecified atom stereocenters. The lowest BCUT2D eigenvalue weighted by atomic mass is 10.1. The minimum Gasteiger partial charge on any atom is -0.467 e. The smallest absolute Gasteiger partial charge is 0.133 e. The summed E-state index contributed by atoms with van der Waals surface area (Å²) in [5.41, 5.74) is 2.06. The van der Waals surface area contributed by atoms with Gasteiger partial charge in [-0.05, 0) is 29.8 Å². The number of rotatable bonds is 5. The number of aromatic nitrogens is 1. The zero-order valence-electron chi connectivity index (χ0n) is 11.3. The molecule has 3 aromatic rings. The molecule has 108 valence electrons. The largest absolute Gasteiger partial charge is 0.467 e. The second-order valence-electron chi connectivity index (χ2n) is 4.77. The molecule has 0 bridgehead atoms. The molecule has 0 saturated carbocycles. The highest BCUT2D eigenvalue weighted by Crippen LogP contribution is 2.25. The molecule has 4 nitrogen and oxygen atoms in total. The van der Waals surface area contributed by atoms with E-state index in [2.05, 4.69) is 26.2 Å². The van der Waals surface area contributed by atoms with E-state index in [1.54, 1.807) is 24.6 Å². The van der Waals surface area contributed by atoms with Crippen molar-refractivity contribution in [1.29, 1.82) is 0 Å². The molecule has 2 heterocycles. The Morgan fingerprint density at radius 1 is 1.24 bits per heavy atom. The summed E-state index contributed by atoms with van der Waals surface area (Å²) in [6.07, 6.45) is 2.70. The standard InChI is InChI=1S/C16H15BrN2O2/c17-13-6-5-11(16-12(13)3-1-7-19-16)9-18-10-14(20)15-4-2-8-21-15/h1-8,14,18,20H,9-10H2/t14-/m1/s1. The molecule has 2 N–H and O–H groups in total. The maximum Gasteiger partial charge on any atom is 0.133 e. The van der Waals surface area contributed by atoms with Crippen LogP contribution >= 0.6 is 15.9 Å². The van der Waals surface area contributed by atoms with Gasteiger partial charge in [0, 0.05) is 29.1 Å². The Kier molecular flexibility index (Phi) is 4.34. The third-order valence-corrected chi connectivity index (χ3v) is 4.02. The maximum absolute atomic E-state index is 9.97. The van der Waals surface area contributed by atoms with Crippen molar-refractivity contribution < 1.29 is 9.52 Å². The van der Waals surface area contributed by atoms with Crippen LogP contribution in [0.4, 0.5) is 0 Å². The Morgan fingerprint density at radius 2 is 2.14 bits per heavy atom. The van der Waals surface area contributed by atoms with Crippen molar-refractivity contribution in [3.8, 4) is 0 Å². The molecule has 1 aromatic carbocycles. The number of halogens is 1. The SMILES string of the molecule is O[C@H](CNCc1ccc(Br)c2cccnc12)c1ccco1. The monoisotopic (exact) mass is 346 g/mol. The summed E-state index contributed by atoms with van der Waals surface area (Å²) >= 11 is 3.54. The molecule has 0 fully saturated rings. The summed E-state index contributed by atoms with van der Waals surface area (Å²) in [4.78, 5) is 4.44. The van der Waals surface area contributed by atoms with E-state index in [4.69, 9.17) is 4.42 Å². The van der Waals surface area contributed by atoms with Gasteiger partial charge in [0.2, 0.25) is 0 Å². The number of fused-ring (bicyclic) bond motifs is 1. The molecular formula is C16H15BrN2O2. The van der Waals surface area contributed by atoms with Gasteiger partial charge >= 0.3 is 0 Å². The summed E-state index contributed by atoms with van der Waals surface area (Å²) in [7, 11) is 0. The van der Waals surface area contributed by atoms with Gasteiger partial charge in [-0.1, -0.05) is 28.1 Å². The van der Waals surface area contributed by atoms with Crippen LogP contribution in [0.2, 0.25) is 0 Å². The average molecular weight is 347 g/mol. The van der Waals surface area contributed by atoms with Crippen LogP contribution in [0.15, 0.2) is 57.7 Å². The van der Waals surface area contributed by atoms with E-state index in [0.717, 1.165) is 20.9 Å². The topological polar surface area (TPSA) is 58.3 Å². The first-order valence-corrected chi connectivity index (χ1v) is 7.49. The first kappa shape index (κ1) is 14.3. The molecule has 0 spiro atoms. The fraction of sp³-hybridized carbons (Fsp3) is 0.188. The van der Waals surface area contributed by atoms with Crippen molar-refractivity contribution in [1.82, 2.24) is 10.3 Å². The third-order valence-electron chi connectivity index (χ3n) is 3.32. The van der Waals surface area contributed by atoms with Crippen LogP contribution in [0.25, 0.3) is 10.9 Å². The first-order valence-electron chi connectivity index (χ1n) is 6.70. The number of pyridine rings is 1. The van der Waals surface area contributed by atoms with Crippen molar-refractivity contribution in [2.45, 2.75) is 12.6 Å². The third kappa shape index (κ3) is 3.15. The molecule has 0 radical (unpaired) electrons. The number of hydrogen-bond acceptors (Lipinski definition) is 4.